The fraction of sp³-hybridized carbons (Fsp3) is 0.250. The number of primary amides is 1. The quantitative estimate of drug-likeness (QED) is 0.863. The van der Waals surface area contributed by atoms with E-state index in [1.165, 1.54) is 16.4 Å². The first kappa shape index (κ1) is 17.7. The number of aromatic nitrogens is 1. The second kappa shape index (κ2) is 6.99. The number of nitrogens with zero attached hydrogens (tertiary/aromatic N) is 3. The van der Waals surface area contributed by atoms with Gasteiger partial charge in [-0.05, 0) is 30.3 Å². The van der Waals surface area contributed by atoms with Crippen molar-refractivity contribution >= 4 is 33.3 Å². The molecule has 1 amide bonds. The molecule has 0 bridgehead atoms. The summed E-state index contributed by atoms with van der Waals surface area (Å²) in [7, 11) is -3.61. The van der Waals surface area contributed by atoms with E-state index in [1.54, 1.807) is 30.5 Å². The number of sulfonamides is 1. The zero-order chi connectivity index (χ0) is 18.0. The molecule has 25 heavy (non-hydrogen) atoms. The minimum atomic E-state index is -3.61. The fourth-order valence-electron chi connectivity index (χ4n) is 2.76. The predicted octanol–water partition coefficient (Wildman–Crippen LogP) is 1.34. The van der Waals surface area contributed by atoms with Gasteiger partial charge < -0.3 is 10.6 Å². The molecular weight excluding hydrogens is 364 g/mol. The van der Waals surface area contributed by atoms with Crippen LogP contribution in [0.15, 0.2) is 47.5 Å². The normalized spacial score (nSPS) is 16.0. The number of piperazine rings is 1. The maximum absolute atomic E-state index is 12.7. The summed E-state index contributed by atoms with van der Waals surface area (Å²) >= 11 is 5.90. The van der Waals surface area contributed by atoms with E-state index in [4.69, 9.17) is 17.3 Å². The molecular formula is C16H17ClN4O3S. The lowest BCUT2D eigenvalue weighted by atomic mass is 10.2. The Labute approximate surface area is 151 Å². The molecule has 1 saturated heterocycles. The number of rotatable bonds is 4. The summed E-state index contributed by atoms with van der Waals surface area (Å²) in [6.07, 6.45) is 1.58. The average Bonchev–Trinajstić information content (AvgIpc) is 2.62. The summed E-state index contributed by atoms with van der Waals surface area (Å²) in [5.41, 5.74) is 5.71. The molecule has 0 radical (unpaired) electrons. The Morgan fingerprint density at radius 1 is 1.12 bits per heavy atom. The van der Waals surface area contributed by atoms with E-state index in [2.05, 4.69) is 4.98 Å². The largest absolute Gasteiger partial charge is 0.365 e. The zero-order valence-electron chi connectivity index (χ0n) is 13.3. The van der Waals surface area contributed by atoms with Gasteiger partial charge in [0.25, 0.3) is 5.91 Å². The number of hydrogen-bond donors (Lipinski definition) is 1. The van der Waals surface area contributed by atoms with Crippen LogP contribution in [0.2, 0.25) is 5.02 Å². The Balaban J connectivity index is 1.77. The van der Waals surface area contributed by atoms with Gasteiger partial charge in [0.2, 0.25) is 10.0 Å². The third-order valence-electron chi connectivity index (χ3n) is 4.02. The summed E-state index contributed by atoms with van der Waals surface area (Å²) in [4.78, 5) is 17.8. The first-order chi connectivity index (χ1) is 11.9. The number of pyridine rings is 1. The Morgan fingerprint density at radius 3 is 2.48 bits per heavy atom. The van der Waals surface area contributed by atoms with Crippen molar-refractivity contribution < 1.29 is 13.2 Å². The second-order valence-corrected chi connectivity index (χ2v) is 7.96. The molecule has 1 aliphatic heterocycles. The van der Waals surface area contributed by atoms with Gasteiger partial charge in [-0.1, -0.05) is 17.7 Å². The van der Waals surface area contributed by atoms with Crippen LogP contribution in [-0.4, -0.2) is 49.8 Å². The van der Waals surface area contributed by atoms with Gasteiger partial charge in [-0.3, -0.25) is 4.79 Å². The van der Waals surface area contributed by atoms with E-state index in [9.17, 15) is 13.2 Å². The average molecular weight is 381 g/mol. The first-order valence-corrected chi connectivity index (χ1v) is 9.47. The highest BCUT2D eigenvalue weighted by Crippen LogP contribution is 2.23. The summed E-state index contributed by atoms with van der Waals surface area (Å²) < 4.78 is 26.8. The summed E-state index contributed by atoms with van der Waals surface area (Å²) in [5.74, 6) is -0.0770. The molecule has 132 valence electrons. The van der Waals surface area contributed by atoms with Crippen molar-refractivity contribution in [2.75, 3.05) is 31.1 Å². The third kappa shape index (κ3) is 3.60. The van der Waals surface area contributed by atoms with Crippen molar-refractivity contribution in [3.8, 4) is 0 Å². The molecule has 7 nitrogen and oxygen atoms in total. The maximum atomic E-state index is 12.7. The molecule has 1 aromatic heterocycles. The van der Waals surface area contributed by atoms with Crippen LogP contribution in [0.3, 0.4) is 0 Å². The Hall–Kier alpha value is -2.16. The first-order valence-electron chi connectivity index (χ1n) is 7.65. The van der Waals surface area contributed by atoms with Crippen molar-refractivity contribution in [2.24, 2.45) is 5.73 Å². The third-order valence-corrected chi connectivity index (χ3v) is 6.15. The predicted molar refractivity (Wildman–Crippen MR) is 95.2 cm³/mol. The van der Waals surface area contributed by atoms with Crippen molar-refractivity contribution in [3.05, 3.63) is 53.2 Å². The number of carbonyl (C=O) groups is 1. The Morgan fingerprint density at radius 2 is 1.84 bits per heavy atom. The smallest absolute Gasteiger partial charge is 0.252 e. The van der Waals surface area contributed by atoms with E-state index < -0.39 is 15.9 Å². The molecule has 0 unspecified atom stereocenters. The number of hydrogen-bond acceptors (Lipinski definition) is 5. The van der Waals surface area contributed by atoms with Gasteiger partial charge in [-0.25, -0.2) is 13.4 Å². The highest BCUT2D eigenvalue weighted by atomic mass is 35.5. The zero-order valence-corrected chi connectivity index (χ0v) is 14.9. The molecule has 2 heterocycles. The van der Waals surface area contributed by atoms with E-state index >= 15 is 0 Å². The van der Waals surface area contributed by atoms with Crippen LogP contribution in [0, 0.1) is 0 Å². The molecule has 0 saturated carbocycles. The summed E-state index contributed by atoms with van der Waals surface area (Å²) in [6.45, 7) is 1.39. The highest BCUT2D eigenvalue weighted by Gasteiger charge is 2.30. The van der Waals surface area contributed by atoms with E-state index in [1.807, 2.05) is 4.90 Å². The van der Waals surface area contributed by atoms with Gasteiger partial charge in [-0.15, -0.1) is 0 Å². The van der Waals surface area contributed by atoms with Crippen LogP contribution in [0.5, 0.6) is 0 Å². The SMILES string of the molecule is NC(=O)c1cccnc1N1CCN(S(=O)(=O)c2cccc(Cl)c2)CC1. The number of anilines is 1. The van der Waals surface area contributed by atoms with Gasteiger partial charge in [0.05, 0.1) is 10.5 Å². The van der Waals surface area contributed by atoms with Crippen molar-refractivity contribution in [3.63, 3.8) is 0 Å². The maximum Gasteiger partial charge on any atom is 0.252 e. The number of halogens is 1. The van der Waals surface area contributed by atoms with Gasteiger partial charge in [0.15, 0.2) is 0 Å². The van der Waals surface area contributed by atoms with Crippen LogP contribution in [-0.2, 0) is 10.0 Å². The van der Waals surface area contributed by atoms with Gasteiger partial charge in [-0.2, -0.15) is 4.31 Å². The summed E-state index contributed by atoms with van der Waals surface area (Å²) in [5, 5.41) is 0.374. The van der Waals surface area contributed by atoms with Gasteiger partial charge >= 0.3 is 0 Å². The van der Waals surface area contributed by atoms with Gasteiger partial charge in [0, 0.05) is 37.4 Å². The number of carbonyl (C=O) groups excluding carboxylic acids is 1. The van der Waals surface area contributed by atoms with Gasteiger partial charge in [0.1, 0.15) is 5.82 Å². The monoisotopic (exact) mass is 380 g/mol. The minimum absolute atomic E-state index is 0.170. The number of nitrogens with two attached hydrogens (primary N) is 1. The minimum Gasteiger partial charge on any atom is -0.365 e. The van der Waals surface area contributed by atoms with E-state index in [0.717, 1.165) is 0 Å². The lowest BCUT2D eigenvalue weighted by molar-refractivity contribution is 0.100. The lowest BCUT2D eigenvalue weighted by Gasteiger charge is -2.35. The Bertz CT molecular complexity index is 896. The van der Waals surface area contributed by atoms with Crippen LogP contribution in [0.4, 0.5) is 5.82 Å². The van der Waals surface area contributed by atoms with Crippen molar-refractivity contribution in [1.29, 1.82) is 0 Å². The van der Waals surface area contributed by atoms with Crippen LogP contribution >= 0.6 is 11.6 Å². The lowest BCUT2D eigenvalue weighted by Crippen LogP contribution is -2.49. The molecule has 1 aromatic carbocycles. The van der Waals surface area contributed by atoms with Crippen molar-refractivity contribution in [1.82, 2.24) is 9.29 Å². The van der Waals surface area contributed by atoms with Crippen molar-refractivity contribution in [2.45, 2.75) is 4.90 Å². The van der Waals surface area contributed by atoms with Crippen LogP contribution in [0.25, 0.3) is 0 Å². The highest BCUT2D eigenvalue weighted by molar-refractivity contribution is 7.89. The summed E-state index contributed by atoms with van der Waals surface area (Å²) in [6, 6.07) is 9.46. The molecule has 3 rings (SSSR count). The topological polar surface area (TPSA) is 96.6 Å². The molecule has 2 aromatic rings. The molecule has 0 atom stereocenters. The Kier molecular flexibility index (Phi) is 4.94. The number of benzene rings is 1. The standard InChI is InChI=1S/C16H17ClN4O3S/c17-12-3-1-4-13(11-12)25(23,24)21-9-7-20(8-10-21)16-14(15(18)22)5-2-6-19-16/h1-6,11H,7-10H2,(H2,18,22). The van der Waals surface area contributed by atoms with Crippen LogP contribution in [0.1, 0.15) is 10.4 Å². The fourth-order valence-corrected chi connectivity index (χ4v) is 4.48. The number of amides is 1. The molecule has 2 N–H and O–H groups in total. The molecule has 1 aliphatic rings. The molecule has 0 spiro atoms. The molecule has 1 fully saturated rings. The second-order valence-electron chi connectivity index (χ2n) is 5.59. The van der Waals surface area contributed by atoms with E-state index in [-0.39, 0.29) is 18.0 Å². The van der Waals surface area contributed by atoms with Crippen LogP contribution < -0.4 is 10.6 Å². The molecule has 0 aliphatic carbocycles. The van der Waals surface area contributed by atoms with E-state index in [0.29, 0.717) is 29.5 Å². The molecule has 9 heteroatoms.